The van der Waals surface area contributed by atoms with Crippen molar-refractivity contribution in [3.63, 3.8) is 0 Å². The lowest BCUT2D eigenvalue weighted by Gasteiger charge is -2.35. The fourth-order valence-corrected chi connectivity index (χ4v) is 1.90. The van der Waals surface area contributed by atoms with Gasteiger partial charge in [0.1, 0.15) is 5.75 Å². The summed E-state index contributed by atoms with van der Waals surface area (Å²) in [5.41, 5.74) is 0.377. The Balaban J connectivity index is 2.84. The number of nitrogens with zero attached hydrogens (tertiary/aromatic N) is 1. The summed E-state index contributed by atoms with van der Waals surface area (Å²) in [5, 5.41) is 19.3. The van der Waals surface area contributed by atoms with E-state index in [1.54, 1.807) is 36.3 Å². The van der Waals surface area contributed by atoms with Gasteiger partial charge in [0.25, 0.3) is 0 Å². The minimum atomic E-state index is -0.905. The number of carboxylic acids is 1. The number of aliphatic hydroxyl groups is 1. The minimum Gasteiger partial charge on any atom is -0.497 e. The largest absolute Gasteiger partial charge is 0.497 e. The number of β-amino-alcohol motifs (C(OH)–C–C–N with tert-alkyl or cyclic N) is 1. The first-order chi connectivity index (χ1) is 9.24. The van der Waals surface area contributed by atoms with E-state index in [0.717, 1.165) is 0 Å². The third-order valence-electron chi connectivity index (χ3n) is 3.15. The molecule has 5 heteroatoms. The molecule has 0 aromatic heterocycles. The summed E-state index contributed by atoms with van der Waals surface area (Å²) < 4.78 is 5.12. The van der Waals surface area contributed by atoms with E-state index >= 15 is 0 Å². The Morgan fingerprint density at radius 3 is 2.55 bits per heavy atom. The minimum absolute atomic E-state index is 0.107. The molecular formula is C15H23NO4. The number of methoxy groups -OCH3 is 1. The third kappa shape index (κ3) is 4.83. The van der Waals surface area contributed by atoms with Crippen molar-refractivity contribution < 1.29 is 19.7 Å². The van der Waals surface area contributed by atoms with Gasteiger partial charge in [0.05, 0.1) is 19.8 Å². The number of hydrogen-bond donors (Lipinski definition) is 2. The molecule has 112 valence electrons. The van der Waals surface area contributed by atoms with Gasteiger partial charge in [-0.1, -0.05) is 12.1 Å². The molecule has 1 aromatic rings. The van der Waals surface area contributed by atoms with Crippen molar-refractivity contribution in [1.29, 1.82) is 0 Å². The zero-order valence-electron chi connectivity index (χ0n) is 12.5. The average molecular weight is 281 g/mol. The van der Waals surface area contributed by atoms with Gasteiger partial charge in [-0.05, 0) is 38.5 Å². The molecule has 20 heavy (non-hydrogen) atoms. The number of hydrogen-bond acceptors (Lipinski definition) is 4. The van der Waals surface area contributed by atoms with Crippen LogP contribution in [-0.2, 0) is 4.79 Å². The highest BCUT2D eigenvalue weighted by Crippen LogP contribution is 2.22. The van der Waals surface area contributed by atoms with Gasteiger partial charge >= 0.3 is 5.97 Å². The fourth-order valence-electron chi connectivity index (χ4n) is 1.90. The van der Waals surface area contributed by atoms with Crippen LogP contribution in [0.1, 0.15) is 32.4 Å². The highest BCUT2D eigenvalue weighted by Gasteiger charge is 2.26. The van der Waals surface area contributed by atoms with Crippen LogP contribution in [0.3, 0.4) is 0 Å². The lowest BCUT2D eigenvalue weighted by molar-refractivity contribution is -0.140. The molecule has 0 aliphatic carbocycles. The Morgan fingerprint density at radius 1 is 1.40 bits per heavy atom. The topological polar surface area (TPSA) is 70.0 Å². The molecule has 1 unspecified atom stereocenters. The van der Waals surface area contributed by atoms with E-state index < -0.39 is 12.1 Å². The van der Waals surface area contributed by atoms with Crippen LogP contribution in [0.4, 0.5) is 0 Å². The Bertz CT molecular complexity index is 453. The van der Waals surface area contributed by atoms with Gasteiger partial charge in [0.2, 0.25) is 0 Å². The van der Waals surface area contributed by atoms with Crippen molar-refractivity contribution in [2.45, 2.75) is 32.4 Å². The van der Waals surface area contributed by atoms with Crippen molar-refractivity contribution in [3.05, 3.63) is 29.8 Å². The number of rotatable bonds is 6. The molecule has 0 fully saturated rings. The summed E-state index contributed by atoms with van der Waals surface area (Å²) in [6, 6.07) is 7.16. The van der Waals surface area contributed by atoms with Crippen LogP contribution in [0.2, 0.25) is 0 Å². The number of ether oxygens (including phenoxy) is 1. The highest BCUT2D eigenvalue weighted by molar-refractivity contribution is 5.69. The first kappa shape index (κ1) is 16.5. The van der Waals surface area contributed by atoms with Crippen LogP contribution in [0.5, 0.6) is 5.75 Å². The summed E-state index contributed by atoms with van der Waals surface area (Å²) in [6.45, 7) is 5.92. The van der Waals surface area contributed by atoms with Gasteiger partial charge in [-0.15, -0.1) is 0 Å². The Morgan fingerprint density at radius 2 is 2.05 bits per heavy atom. The summed E-state index contributed by atoms with van der Waals surface area (Å²) in [5.74, 6) is -0.236. The Labute approximate surface area is 119 Å². The maximum absolute atomic E-state index is 10.9. The van der Waals surface area contributed by atoms with Crippen LogP contribution in [0, 0.1) is 0 Å². The molecule has 5 nitrogen and oxygen atoms in total. The second kappa shape index (κ2) is 6.72. The quantitative estimate of drug-likeness (QED) is 0.833. The molecule has 0 bridgehead atoms. The molecular weight excluding hydrogens is 258 g/mol. The molecule has 0 aliphatic rings. The van der Waals surface area contributed by atoms with E-state index in [9.17, 15) is 9.90 Å². The maximum atomic E-state index is 10.9. The number of benzene rings is 1. The van der Waals surface area contributed by atoms with Crippen molar-refractivity contribution >= 4 is 5.97 Å². The smallest absolute Gasteiger partial charge is 0.317 e. The number of carboxylic acid groups (broad SMARTS) is 1. The molecule has 1 atom stereocenters. The summed E-state index contributed by atoms with van der Waals surface area (Å²) in [4.78, 5) is 12.7. The van der Waals surface area contributed by atoms with Crippen LogP contribution in [-0.4, -0.2) is 46.8 Å². The van der Waals surface area contributed by atoms with Gasteiger partial charge < -0.3 is 14.9 Å². The maximum Gasteiger partial charge on any atom is 0.317 e. The van der Waals surface area contributed by atoms with Crippen molar-refractivity contribution in [1.82, 2.24) is 4.90 Å². The third-order valence-corrected chi connectivity index (χ3v) is 3.15. The standard InChI is InChI=1S/C15H23NO4/c1-15(2,3)16(10-14(18)19)9-13(17)11-6-5-7-12(8-11)20-4/h5-8,13,17H,9-10H2,1-4H3,(H,18,19). The molecule has 0 aliphatic heterocycles. The average Bonchev–Trinajstić information content (AvgIpc) is 2.36. The first-order valence-electron chi connectivity index (χ1n) is 6.53. The molecule has 2 N–H and O–H groups in total. The lowest BCUT2D eigenvalue weighted by Crippen LogP contribution is -2.46. The van der Waals surface area contributed by atoms with Crippen molar-refractivity contribution in [2.24, 2.45) is 0 Å². The molecule has 0 amide bonds. The number of aliphatic hydroxyl groups excluding tert-OH is 1. The number of carbonyl (C=O) groups is 1. The van der Waals surface area contributed by atoms with Gasteiger partial charge in [-0.2, -0.15) is 0 Å². The van der Waals surface area contributed by atoms with E-state index in [1.807, 2.05) is 20.8 Å². The Hall–Kier alpha value is -1.59. The van der Waals surface area contributed by atoms with Crippen LogP contribution in [0.25, 0.3) is 0 Å². The van der Waals surface area contributed by atoms with Crippen LogP contribution < -0.4 is 4.74 Å². The SMILES string of the molecule is COc1cccc(C(O)CN(CC(=O)O)C(C)(C)C)c1. The first-order valence-corrected chi connectivity index (χ1v) is 6.53. The van der Waals surface area contributed by atoms with Gasteiger partial charge in [0, 0.05) is 12.1 Å². The van der Waals surface area contributed by atoms with Crippen LogP contribution >= 0.6 is 0 Å². The van der Waals surface area contributed by atoms with E-state index in [4.69, 9.17) is 9.84 Å². The second-order valence-electron chi connectivity index (χ2n) is 5.74. The van der Waals surface area contributed by atoms with E-state index in [1.165, 1.54) is 0 Å². The molecule has 0 spiro atoms. The fraction of sp³-hybridized carbons (Fsp3) is 0.533. The summed E-state index contributed by atoms with van der Waals surface area (Å²) in [6.07, 6.45) is -0.760. The van der Waals surface area contributed by atoms with Crippen molar-refractivity contribution in [2.75, 3.05) is 20.2 Å². The second-order valence-corrected chi connectivity index (χ2v) is 5.74. The summed E-state index contributed by atoms with van der Waals surface area (Å²) >= 11 is 0. The predicted octanol–water partition coefficient (Wildman–Crippen LogP) is 1.91. The van der Waals surface area contributed by atoms with Gasteiger partial charge in [-0.25, -0.2) is 0 Å². The molecule has 1 rings (SSSR count). The Kier molecular flexibility index (Phi) is 5.53. The zero-order valence-corrected chi connectivity index (χ0v) is 12.5. The molecule has 0 radical (unpaired) electrons. The van der Waals surface area contributed by atoms with Gasteiger partial charge in [-0.3, -0.25) is 9.69 Å². The van der Waals surface area contributed by atoms with E-state index in [-0.39, 0.29) is 18.6 Å². The molecule has 0 saturated heterocycles. The van der Waals surface area contributed by atoms with E-state index in [2.05, 4.69) is 0 Å². The zero-order chi connectivity index (χ0) is 15.3. The normalized spacial score (nSPS) is 13.3. The molecule has 1 aromatic carbocycles. The summed E-state index contributed by atoms with van der Waals surface area (Å²) in [7, 11) is 1.57. The monoisotopic (exact) mass is 281 g/mol. The number of aliphatic carboxylic acids is 1. The molecule has 0 heterocycles. The lowest BCUT2D eigenvalue weighted by atomic mass is 10.0. The molecule has 0 saturated carbocycles. The van der Waals surface area contributed by atoms with Gasteiger partial charge in [0.15, 0.2) is 0 Å². The van der Waals surface area contributed by atoms with Crippen LogP contribution in [0.15, 0.2) is 24.3 Å². The van der Waals surface area contributed by atoms with E-state index in [0.29, 0.717) is 11.3 Å². The highest BCUT2D eigenvalue weighted by atomic mass is 16.5. The predicted molar refractivity (Wildman–Crippen MR) is 76.9 cm³/mol. The van der Waals surface area contributed by atoms with Crippen molar-refractivity contribution in [3.8, 4) is 5.75 Å².